The topological polar surface area (TPSA) is 151 Å². The Labute approximate surface area is 247 Å². The van der Waals surface area contributed by atoms with Crippen molar-refractivity contribution < 1.29 is 24.2 Å². The van der Waals surface area contributed by atoms with Crippen LogP contribution in [0, 0.1) is 5.92 Å². The number of benzene rings is 1. The Kier molecular flexibility index (Phi) is 7.75. The van der Waals surface area contributed by atoms with Crippen molar-refractivity contribution in [1.82, 2.24) is 19.9 Å². The molecule has 0 bridgehead atoms. The zero-order valence-corrected chi connectivity index (χ0v) is 23.5. The highest BCUT2D eigenvalue weighted by Crippen LogP contribution is 2.37. The van der Waals surface area contributed by atoms with E-state index in [-0.39, 0.29) is 36.5 Å². The molecule has 2 aliphatic rings. The normalized spacial score (nSPS) is 15.8. The molecule has 0 aliphatic carbocycles. The van der Waals surface area contributed by atoms with E-state index in [9.17, 15) is 14.4 Å². The fraction of sp³-hybridized carbons (Fsp3) is 0.258. The van der Waals surface area contributed by atoms with Gasteiger partial charge in [-0.25, -0.2) is 9.78 Å². The number of carbonyl (C=O) groups excluding carboxylic acids is 3. The Bertz CT molecular complexity index is 1730. The van der Waals surface area contributed by atoms with Crippen molar-refractivity contribution in [3.05, 3.63) is 78.1 Å². The van der Waals surface area contributed by atoms with E-state index < -0.39 is 6.03 Å². The third-order valence-corrected chi connectivity index (χ3v) is 7.61. The number of amides is 3. The molecule has 5 heterocycles. The number of nitrogens with one attached hydrogen (secondary N) is 3. The summed E-state index contributed by atoms with van der Waals surface area (Å²) >= 11 is 0. The van der Waals surface area contributed by atoms with Crippen LogP contribution in [0.4, 0.5) is 21.9 Å². The molecule has 1 fully saturated rings. The summed E-state index contributed by atoms with van der Waals surface area (Å²) in [5.41, 5.74) is 3.87. The minimum Gasteiger partial charge on any atom is -0.452 e. The number of ether oxygens (including phenoxy) is 1. The highest BCUT2D eigenvalue weighted by atomic mass is 16.5. The van der Waals surface area contributed by atoms with Crippen molar-refractivity contribution in [3.8, 4) is 5.75 Å². The van der Waals surface area contributed by atoms with E-state index in [1.807, 2.05) is 23.9 Å². The van der Waals surface area contributed by atoms with Crippen LogP contribution < -0.4 is 25.6 Å². The van der Waals surface area contributed by atoms with Gasteiger partial charge in [-0.15, -0.1) is 0 Å². The number of urea groups is 1. The number of aromatic nitrogens is 3. The van der Waals surface area contributed by atoms with E-state index in [4.69, 9.17) is 9.84 Å². The van der Waals surface area contributed by atoms with Gasteiger partial charge in [0.2, 0.25) is 11.7 Å². The average Bonchev–Trinajstić information content (AvgIpc) is 3.51. The minimum atomic E-state index is -0.458. The van der Waals surface area contributed by atoms with Crippen LogP contribution in [0.5, 0.6) is 5.75 Å². The van der Waals surface area contributed by atoms with Gasteiger partial charge in [-0.1, -0.05) is 0 Å². The molecular formula is C31H31N7O5. The number of hydrogen-bond acceptors (Lipinski definition) is 8. The maximum absolute atomic E-state index is 13.4. The fourth-order valence-corrected chi connectivity index (χ4v) is 5.54. The van der Waals surface area contributed by atoms with Crippen LogP contribution in [0.1, 0.15) is 28.8 Å². The molecule has 12 nitrogen and oxygen atoms in total. The highest BCUT2D eigenvalue weighted by Gasteiger charge is 2.30. The van der Waals surface area contributed by atoms with Crippen LogP contribution in [-0.2, 0) is 11.8 Å². The molecule has 0 spiro atoms. The number of rotatable bonds is 7. The van der Waals surface area contributed by atoms with Crippen molar-refractivity contribution in [2.75, 3.05) is 41.8 Å². The van der Waals surface area contributed by atoms with E-state index in [1.165, 1.54) is 6.20 Å². The average molecular weight is 582 g/mol. The SMILES string of the molecule is Cn1cc(/C=C2\Oc3ccc(NC(=O)Nc4cccnc4)cc3C2=O)c2c(N3CCC(C(=O)NCCO)CC3)ccnc21. The summed E-state index contributed by atoms with van der Waals surface area (Å²) in [7, 11) is 1.90. The molecular weight excluding hydrogens is 550 g/mol. The van der Waals surface area contributed by atoms with E-state index >= 15 is 0 Å². The number of fused-ring (bicyclic) bond motifs is 2. The van der Waals surface area contributed by atoms with Crippen molar-refractivity contribution >= 4 is 51.9 Å². The summed E-state index contributed by atoms with van der Waals surface area (Å²) in [6.07, 6.45) is 9.94. The number of ketones is 1. The first-order chi connectivity index (χ1) is 20.9. The number of carbonyl (C=O) groups is 3. The van der Waals surface area contributed by atoms with Crippen molar-refractivity contribution in [1.29, 1.82) is 0 Å². The largest absolute Gasteiger partial charge is 0.452 e. The van der Waals surface area contributed by atoms with Crippen LogP contribution in [0.15, 0.2) is 66.9 Å². The predicted octanol–water partition coefficient (Wildman–Crippen LogP) is 3.55. The Morgan fingerprint density at radius 1 is 1.12 bits per heavy atom. The van der Waals surface area contributed by atoms with Crippen molar-refractivity contribution in [2.45, 2.75) is 12.8 Å². The molecule has 1 aromatic carbocycles. The molecule has 43 heavy (non-hydrogen) atoms. The number of piperidine rings is 1. The first kappa shape index (κ1) is 27.9. The van der Waals surface area contributed by atoms with Crippen LogP contribution in [0.25, 0.3) is 17.1 Å². The van der Waals surface area contributed by atoms with Gasteiger partial charge in [-0.2, -0.15) is 0 Å². The quantitative estimate of drug-likeness (QED) is 0.242. The van der Waals surface area contributed by atoms with Gasteiger partial charge in [-0.3, -0.25) is 14.6 Å². The minimum absolute atomic E-state index is 0.0253. The molecule has 3 amide bonds. The highest BCUT2D eigenvalue weighted by molar-refractivity contribution is 6.16. The molecule has 0 unspecified atom stereocenters. The lowest BCUT2D eigenvalue weighted by Gasteiger charge is -2.33. The lowest BCUT2D eigenvalue weighted by molar-refractivity contribution is -0.125. The summed E-state index contributed by atoms with van der Waals surface area (Å²) < 4.78 is 7.88. The number of allylic oxidation sites excluding steroid dienone is 1. The van der Waals surface area contributed by atoms with E-state index in [2.05, 4.69) is 30.8 Å². The lowest BCUT2D eigenvalue weighted by Crippen LogP contribution is -2.41. The van der Waals surface area contributed by atoms with Gasteiger partial charge in [-0.05, 0) is 55.3 Å². The lowest BCUT2D eigenvalue weighted by atomic mass is 9.95. The molecule has 220 valence electrons. The zero-order chi connectivity index (χ0) is 29.9. The summed E-state index contributed by atoms with van der Waals surface area (Å²) in [5.74, 6) is 0.176. The second-order valence-electron chi connectivity index (χ2n) is 10.5. The number of Topliss-reactive ketones (excluding diaryl/α,β-unsaturated/α-hetero) is 1. The summed E-state index contributed by atoms with van der Waals surface area (Å²) in [6, 6.07) is 9.86. The number of nitrogens with zero attached hydrogens (tertiary/aromatic N) is 4. The smallest absolute Gasteiger partial charge is 0.323 e. The second kappa shape index (κ2) is 11.9. The predicted molar refractivity (Wildman–Crippen MR) is 162 cm³/mol. The Morgan fingerprint density at radius 2 is 1.93 bits per heavy atom. The van der Waals surface area contributed by atoms with Crippen LogP contribution in [0.3, 0.4) is 0 Å². The van der Waals surface area contributed by atoms with Crippen LogP contribution >= 0.6 is 0 Å². The van der Waals surface area contributed by atoms with E-state index in [0.717, 1.165) is 22.3 Å². The number of pyridine rings is 2. The van der Waals surface area contributed by atoms with Gasteiger partial charge in [0.25, 0.3) is 0 Å². The number of aliphatic hydroxyl groups is 1. The third kappa shape index (κ3) is 5.77. The van der Waals surface area contributed by atoms with Gasteiger partial charge in [0.1, 0.15) is 11.4 Å². The monoisotopic (exact) mass is 581 g/mol. The van der Waals surface area contributed by atoms with Gasteiger partial charge in [0, 0.05) is 73.5 Å². The molecule has 2 aliphatic heterocycles. The van der Waals surface area contributed by atoms with Gasteiger partial charge in [0.05, 0.1) is 24.1 Å². The Hall–Kier alpha value is -5.23. The second-order valence-corrected chi connectivity index (χ2v) is 10.5. The maximum atomic E-state index is 13.4. The Balaban J connectivity index is 1.21. The third-order valence-electron chi connectivity index (χ3n) is 7.61. The van der Waals surface area contributed by atoms with E-state index in [0.29, 0.717) is 48.6 Å². The molecule has 0 radical (unpaired) electrons. The Morgan fingerprint density at radius 3 is 2.70 bits per heavy atom. The standard InChI is InChI=1S/C31H31N7O5/c1-37-18-20(27-24(6-10-33-29(27)37)38-12-7-19(8-13-38)30(41)34-11-14-39)15-26-28(40)23-16-21(4-5-25(23)43-26)35-31(42)36-22-3-2-9-32-17-22/h2-6,9-10,15-19,39H,7-8,11-14H2,1H3,(H,34,41)(H2,35,36,42)/b26-15-. The number of anilines is 3. The first-order valence-electron chi connectivity index (χ1n) is 14.0. The molecule has 6 rings (SSSR count). The molecule has 4 aromatic rings. The van der Waals surface area contributed by atoms with E-state index in [1.54, 1.807) is 48.8 Å². The number of aliphatic hydroxyl groups excluding tert-OH is 1. The molecule has 12 heteroatoms. The molecule has 1 saturated heterocycles. The summed E-state index contributed by atoms with van der Waals surface area (Å²) in [6.45, 7) is 1.56. The van der Waals surface area contributed by atoms with Gasteiger partial charge >= 0.3 is 6.03 Å². The van der Waals surface area contributed by atoms with Crippen LogP contribution in [-0.4, -0.2) is 63.6 Å². The fourth-order valence-electron chi connectivity index (χ4n) is 5.54. The molecule has 3 aromatic heterocycles. The molecule has 0 saturated carbocycles. The molecule has 0 atom stereocenters. The number of hydrogen-bond donors (Lipinski definition) is 4. The van der Waals surface area contributed by atoms with Gasteiger partial charge < -0.3 is 35.3 Å². The summed E-state index contributed by atoms with van der Waals surface area (Å²) in [4.78, 5) is 49.0. The van der Waals surface area contributed by atoms with Crippen molar-refractivity contribution in [3.63, 3.8) is 0 Å². The van der Waals surface area contributed by atoms with Crippen LogP contribution in [0.2, 0.25) is 0 Å². The number of aryl methyl sites for hydroxylation is 1. The summed E-state index contributed by atoms with van der Waals surface area (Å²) in [5, 5.41) is 18.1. The maximum Gasteiger partial charge on any atom is 0.323 e. The van der Waals surface area contributed by atoms with Gasteiger partial charge in [0.15, 0.2) is 5.76 Å². The zero-order valence-electron chi connectivity index (χ0n) is 23.5. The van der Waals surface area contributed by atoms with Crippen molar-refractivity contribution in [2.24, 2.45) is 13.0 Å². The molecule has 4 N–H and O–H groups in total. The first-order valence-corrected chi connectivity index (χ1v) is 14.0.